The highest BCUT2D eigenvalue weighted by Crippen LogP contribution is 2.16. The van der Waals surface area contributed by atoms with Gasteiger partial charge in [0.15, 0.2) is 5.82 Å². The predicted octanol–water partition coefficient (Wildman–Crippen LogP) is -0.145. The summed E-state index contributed by atoms with van der Waals surface area (Å²) in [4.78, 5) is 0. The van der Waals surface area contributed by atoms with E-state index in [4.69, 9.17) is 5.26 Å². The molecule has 0 aromatic carbocycles. The van der Waals surface area contributed by atoms with E-state index in [-0.39, 0.29) is 5.82 Å². The Labute approximate surface area is 70.3 Å². The van der Waals surface area contributed by atoms with Crippen molar-refractivity contribution in [2.24, 2.45) is 7.05 Å². The Bertz CT molecular complexity index is 334. The molecule has 1 rings (SSSR count). The van der Waals surface area contributed by atoms with Crippen LogP contribution in [-0.2, 0) is 12.6 Å². The summed E-state index contributed by atoms with van der Waals surface area (Å²) in [7, 11) is 1.70. The molecule has 64 valence electrons. The summed E-state index contributed by atoms with van der Waals surface area (Å²) in [6.45, 7) is 3.14. The first kappa shape index (κ1) is 8.68. The molecule has 0 aliphatic rings. The third-order valence-electron chi connectivity index (χ3n) is 1.75. The summed E-state index contributed by atoms with van der Waals surface area (Å²) in [5.41, 5.74) is -1.56. The molecule has 5 heteroatoms. The van der Waals surface area contributed by atoms with Crippen LogP contribution in [0.25, 0.3) is 0 Å². The minimum absolute atomic E-state index is 0.266. The monoisotopic (exact) mass is 166 g/mol. The van der Waals surface area contributed by atoms with E-state index in [1.165, 1.54) is 6.92 Å². The highest BCUT2D eigenvalue weighted by atomic mass is 16.3. The predicted molar refractivity (Wildman–Crippen MR) is 40.9 cm³/mol. The van der Waals surface area contributed by atoms with Crippen LogP contribution >= 0.6 is 0 Å². The molecule has 0 aliphatic heterocycles. The normalized spacial score (nSPS) is 15.2. The zero-order valence-corrected chi connectivity index (χ0v) is 7.24. The van der Waals surface area contributed by atoms with Gasteiger partial charge in [0.25, 0.3) is 0 Å². The van der Waals surface area contributed by atoms with E-state index in [1.54, 1.807) is 24.6 Å². The highest BCUT2D eigenvalue weighted by molar-refractivity contribution is 5.13. The molecule has 0 spiro atoms. The van der Waals surface area contributed by atoms with Gasteiger partial charge in [-0.25, -0.2) is 0 Å². The van der Waals surface area contributed by atoms with Crippen LogP contribution in [0.3, 0.4) is 0 Å². The summed E-state index contributed by atoms with van der Waals surface area (Å²) in [5, 5.41) is 25.5. The quantitative estimate of drug-likeness (QED) is 0.589. The van der Waals surface area contributed by atoms with Crippen molar-refractivity contribution in [2.45, 2.75) is 19.4 Å². The minimum Gasteiger partial charge on any atom is -0.369 e. The summed E-state index contributed by atoms with van der Waals surface area (Å²) in [6, 6.07) is 1.74. The molecule has 5 nitrogen and oxygen atoms in total. The van der Waals surface area contributed by atoms with E-state index in [0.717, 1.165) is 0 Å². The van der Waals surface area contributed by atoms with Crippen molar-refractivity contribution in [3.8, 4) is 6.07 Å². The molecule has 0 radical (unpaired) electrons. The van der Waals surface area contributed by atoms with Crippen molar-refractivity contribution in [1.82, 2.24) is 14.8 Å². The molecule has 1 atom stereocenters. The first-order chi connectivity index (χ1) is 5.49. The number of hydrogen-bond acceptors (Lipinski definition) is 4. The molecule has 12 heavy (non-hydrogen) atoms. The van der Waals surface area contributed by atoms with Crippen LogP contribution in [0, 0.1) is 18.3 Å². The number of hydrogen-bond donors (Lipinski definition) is 1. The Balaban J connectivity index is 3.22. The van der Waals surface area contributed by atoms with Crippen molar-refractivity contribution >= 4 is 0 Å². The smallest absolute Gasteiger partial charge is 0.208 e. The van der Waals surface area contributed by atoms with Crippen molar-refractivity contribution in [3.05, 3.63) is 11.6 Å². The average Bonchev–Trinajstić information content (AvgIpc) is 2.33. The maximum Gasteiger partial charge on any atom is 0.208 e. The van der Waals surface area contributed by atoms with Crippen molar-refractivity contribution in [1.29, 1.82) is 5.26 Å². The Morgan fingerprint density at radius 1 is 1.58 bits per heavy atom. The number of nitrogens with zero attached hydrogens (tertiary/aromatic N) is 4. The fourth-order valence-corrected chi connectivity index (χ4v) is 0.881. The fraction of sp³-hybridized carbons (Fsp3) is 0.571. The van der Waals surface area contributed by atoms with E-state index in [0.29, 0.717) is 5.82 Å². The van der Waals surface area contributed by atoms with Crippen LogP contribution in [0.1, 0.15) is 18.6 Å². The second-order valence-corrected chi connectivity index (χ2v) is 2.81. The average molecular weight is 166 g/mol. The number of aliphatic hydroxyl groups is 1. The molecular formula is C7H10N4O. The summed E-state index contributed by atoms with van der Waals surface area (Å²) < 4.78 is 1.59. The van der Waals surface area contributed by atoms with Crippen LogP contribution in [-0.4, -0.2) is 19.9 Å². The lowest BCUT2D eigenvalue weighted by Crippen LogP contribution is -2.23. The molecule has 0 bridgehead atoms. The second kappa shape index (κ2) is 2.57. The van der Waals surface area contributed by atoms with Crippen molar-refractivity contribution in [2.75, 3.05) is 0 Å². The third kappa shape index (κ3) is 1.17. The molecule has 0 fully saturated rings. The van der Waals surface area contributed by atoms with Crippen molar-refractivity contribution < 1.29 is 5.11 Å². The Morgan fingerprint density at radius 3 is 2.50 bits per heavy atom. The summed E-state index contributed by atoms with van der Waals surface area (Å²) in [5.74, 6) is 0.933. The molecule has 0 aliphatic carbocycles. The van der Waals surface area contributed by atoms with Gasteiger partial charge in [-0.2, -0.15) is 5.26 Å². The first-order valence-corrected chi connectivity index (χ1v) is 3.49. The first-order valence-electron chi connectivity index (χ1n) is 3.49. The number of aromatic nitrogens is 3. The molecule has 1 N–H and O–H groups in total. The second-order valence-electron chi connectivity index (χ2n) is 2.81. The lowest BCUT2D eigenvalue weighted by Gasteiger charge is -2.12. The number of nitriles is 1. The lowest BCUT2D eigenvalue weighted by atomic mass is 10.1. The largest absolute Gasteiger partial charge is 0.369 e. The Hall–Kier alpha value is -1.41. The molecule has 0 saturated carbocycles. The van der Waals surface area contributed by atoms with Gasteiger partial charge in [0.1, 0.15) is 11.9 Å². The van der Waals surface area contributed by atoms with E-state index < -0.39 is 5.60 Å². The van der Waals surface area contributed by atoms with Crippen molar-refractivity contribution in [3.63, 3.8) is 0 Å². The van der Waals surface area contributed by atoms with Crippen LogP contribution < -0.4 is 0 Å². The van der Waals surface area contributed by atoms with Gasteiger partial charge >= 0.3 is 0 Å². The SMILES string of the molecule is Cc1nnc(C(C)(O)C#N)n1C. The van der Waals surface area contributed by atoms with Crippen LogP contribution in [0.5, 0.6) is 0 Å². The zero-order valence-electron chi connectivity index (χ0n) is 7.24. The Kier molecular flexibility index (Phi) is 1.86. The van der Waals surface area contributed by atoms with Gasteiger partial charge in [-0.05, 0) is 13.8 Å². The fourth-order valence-electron chi connectivity index (χ4n) is 0.881. The van der Waals surface area contributed by atoms with Gasteiger partial charge in [0.2, 0.25) is 5.60 Å². The van der Waals surface area contributed by atoms with E-state index in [9.17, 15) is 5.11 Å². The maximum atomic E-state index is 9.50. The van der Waals surface area contributed by atoms with Gasteiger partial charge in [0.05, 0.1) is 0 Å². The van der Waals surface area contributed by atoms with E-state index >= 15 is 0 Å². The zero-order chi connectivity index (χ0) is 9.35. The molecule has 1 heterocycles. The van der Waals surface area contributed by atoms with Gasteiger partial charge in [-0.1, -0.05) is 0 Å². The molecule has 0 saturated heterocycles. The van der Waals surface area contributed by atoms with Crippen LogP contribution in [0.2, 0.25) is 0 Å². The topological polar surface area (TPSA) is 74.7 Å². The summed E-state index contributed by atoms with van der Waals surface area (Å²) in [6.07, 6.45) is 0. The van der Waals surface area contributed by atoms with Gasteiger partial charge in [-0.3, -0.25) is 0 Å². The molecule has 1 aromatic rings. The van der Waals surface area contributed by atoms with Crippen LogP contribution in [0.15, 0.2) is 0 Å². The molecule has 0 amide bonds. The molecular weight excluding hydrogens is 156 g/mol. The summed E-state index contributed by atoms with van der Waals surface area (Å²) >= 11 is 0. The lowest BCUT2D eigenvalue weighted by molar-refractivity contribution is 0.106. The van der Waals surface area contributed by atoms with E-state index in [1.807, 2.05) is 0 Å². The van der Waals surface area contributed by atoms with Gasteiger partial charge < -0.3 is 9.67 Å². The maximum absolute atomic E-state index is 9.50. The molecule has 1 aromatic heterocycles. The molecule has 1 unspecified atom stereocenters. The standard InChI is InChI=1S/C7H10N4O/c1-5-9-10-6(11(5)3)7(2,12)4-8/h12H,1-3H3. The Morgan fingerprint density at radius 2 is 2.17 bits per heavy atom. The minimum atomic E-state index is -1.56. The van der Waals surface area contributed by atoms with Crippen LogP contribution in [0.4, 0.5) is 0 Å². The van der Waals surface area contributed by atoms with E-state index in [2.05, 4.69) is 10.2 Å². The van der Waals surface area contributed by atoms with Gasteiger partial charge in [0, 0.05) is 7.05 Å². The highest BCUT2D eigenvalue weighted by Gasteiger charge is 2.28. The van der Waals surface area contributed by atoms with Gasteiger partial charge in [-0.15, -0.1) is 10.2 Å². The number of rotatable bonds is 1. The number of aryl methyl sites for hydroxylation is 1. The third-order valence-corrected chi connectivity index (χ3v) is 1.75.